The molecule has 2 rings (SSSR count). The molecule has 1 aliphatic rings. The van der Waals surface area contributed by atoms with E-state index in [0.717, 1.165) is 35.7 Å². The molecule has 5 heteroatoms. The average molecular weight is 341 g/mol. The molecule has 0 aromatic heterocycles. The predicted octanol–water partition coefficient (Wildman–Crippen LogP) is 2.12. The summed E-state index contributed by atoms with van der Waals surface area (Å²) in [6, 6.07) is 8.07. The van der Waals surface area contributed by atoms with Crippen molar-refractivity contribution in [3.05, 3.63) is 34.3 Å². The van der Waals surface area contributed by atoms with E-state index < -0.39 is 6.10 Å². The van der Waals surface area contributed by atoms with Crippen LogP contribution in [0.4, 0.5) is 0 Å². The number of hydrogen-bond acceptors (Lipinski definition) is 3. The van der Waals surface area contributed by atoms with Crippen molar-refractivity contribution < 1.29 is 9.90 Å². The maximum absolute atomic E-state index is 11.1. The molecule has 0 saturated heterocycles. The van der Waals surface area contributed by atoms with Gasteiger partial charge >= 0.3 is 0 Å². The third kappa shape index (κ3) is 4.30. The van der Waals surface area contributed by atoms with Gasteiger partial charge < -0.3 is 16.2 Å². The molecule has 110 valence electrons. The predicted molar refractivity (Wildman–Crippen MR) is 82.0 cm³/mol. The van der Waals surface area contributed by atoms with Gasteiger partial charge in [0.05, 0.1) is 6.10 Å². The van der Waals surface area contributed by atoms with Crippen LogP contribution in [0.5, 0.6) is 0 Å². The Bertz CT molecular complexity index is 459. The number of amides is 1. The number of aliphatic hydroxyl groups is 1. The van der Waals surface area contributed by atoms with Crippen molar-refractivity contribution in [1.82, 2.24) is 5.32 Å². The van der Waals surface area contributed by atoms with Crippen molar-refractivity contribution in [2.45, 2.75) is 37.8 Å². The second kappa shape index (κ2) is 7.20. The number of carbonyl (C=O) groups is 1. The fourth-order valence-electron chi connectivity index (χ4n) is 2.69. The monoisotopic (exact) mass is 340 g/mol. The average Bonchev–Trinajstić information content (AvgIpc) is 2.45. The van der Waals surface area contributed by atoms with Gasteiger partial charge in [0.15, 0.2) is 0 Å². The van der Waals surface area contributed by atoms with Crippen LogP contribution in [0.15, 0.2) is 28.7 Å². The Morgan fingerprint density at radius 3 is 2.70 bits per heavy atom. The number of halogens is 1. The van der Waals surface area contributed by atoms with Crippen LogP contribution < -0.4 is 11.1 Å². The molecule has 1 atom stereocenters. The van der Waals surface area contributed by atoms with Gasteiger partial charge in [-0.3, -0.25) is 4.79 Å². The van der Waals surface area contributed by atoms with Gasteiger partial charge in [0, 0.05) is 23.0 Å². The topological polar surface area (TPSA) is 75.4 Å². The molecule has 0 spiro atoms. The molecule has 1 fully saturated rings. The first-order chi connectivity index (χ1) is 9.56. The summed E-state index contributed by atoms with van der Waals surface area (Å²) in [7, 11) is 0. The molecule has 1 aromatic rings. The van der Waals surface area contributed by atoms with E-state index in [1.54, 1.807) is 0 Å². The van der Waals surface area contributed by atoms with Crippen LogP contribution in [-0.4, -0.2) is 23.6 Å². The molecule has 0 bridgehead atoms. The first kappa shape index (κ1) is 15.5. The molecule has 1 amide bonds. The van der Waals surface area contributed by atoms with E-state index in [-0.39, 0.29) is 11.8 Å². The van der Waals surface area contributed by atoms with Crippen LogP contribution in [0, 0.1) is 5.92 Å². The van der Waals surface area contributed by atoms with Gasteiger partial charge in [-0.1, -0.05) is 28.1 Å². The highest BCUT2D eigenvalue weighted by Crippen LogP contribution is 2.24. The van der Waals surface area contributed by atoms with Crippen molar-refractivity contribution in [1.29, 1.82) is 0 Å². The summed E-state index contributed by atoms with van der Waals surface area (Å²) < 4.78 is 0.969. The van der Waals surface area contributed by atoms with Gasteiger partial charge in [-0.05, 0) is 43.4 Å². The number of primary amides is 1. The first-order valence-corrected chi connectivity index (χ1v) is 7.82. The Kier molecular flexibility index (Phi) is 5.57. The lowest BCUT2D eigenvalue weighted by Crippen LogP contribution is -2.38. The zero-order chi connectivity index (χ0) is 14.5. The van der Waals surface area contributed by atoms with Gasteiger partial charge in [-0.15, -0.1) is 0 Å². The Balaban J connectivity index is 1.77. The molecule has 1 aromatic carbocycles. The van der Waals surface area contributed by atoms with Gasteiger partial charge in [-0.25, -0.2) is 0 Å². The standard InChI is InChI=1S/C15H21BrN2O2/c16-12-3-1-2-11(8-12)14(19)9-18-13-6-4-10(5-7-13)15(17)20/h1-3,8,10,13-14,18-19H,4-7,9H2,(H2,17,20). The summed E-state index contributed by atoms with van der Waals surface area (Å²) in [6.45, 7) is 0.530. The maximum Gasteiger partial charge on any atom is 0.220 e. The summed E-state index contributed by atoms with van der Waals surface area (Å²) in [4.78, 5) is 11.1. The lowest BCUT2D eigenvalue weighted by molar-refractivity contribution is -0.122. The summed E-state index contributed by atoms with van der Waals surface area (Å²) in [5, 5.41) is 13.5. The lowest BCUT2D eigenvalue weighted by Gasteiger charge is -2.28. The van der Waals surface area contributed by atoms with Crippen LogP contribution >= 0.6 is 15.9 Å². The smallest absolute Gasteiger partial charge is 0.220 e. The fourth-order valence-corrected chi connectivity index (χ4v) is 3.11. The highest BCUT2D eigenvalue weighted by Gasteiger charge is 2.24. The minimum absolute atomic E-state index is 0.0306. The molecule has 4 nitrogen and oxygen atoms in total. The van der Waals surface area contributed by atoms with E-state index in [1.165, 1.54) is 0 Å². The number of nitrogens with one attached hydrogen (secondary N) is 1. The zero-order valence-electron chi connectivity index (χ0n) is 11.4. The van der Waals surface area contributed by atoms with Gasteiger partial charge in [0.1, 0.15) is 0 Å². The Hall–Kier alpha value is -0.910. The van der Waals surface area contributed by atoms with Crippen LogP contribution in [0.1, 0.15) is 37.4 Å². The molecule has 0 radical (unpaired) electrons. The Morgan fingerprint density at radius 2 is 2.10 bits per heavy atom. The Morgan fingerprint density at radius 1 is 1.40 bits per heavy atom. The molecule has 4 N–H and O–H groups in total. The molecule has 20 heavy (non-hydrogen) atoms. The summed E-state index contributed by atoms with van der Waals surface area (Å²) in [5.41, 5.74) is 6.22. The molecule has 1 aliphatic carbocycles. The van der Waals surface area contributed by atoms with Gasteiger partial charge in [-0.2, -0.15) is 0 Å². The molecule has 0 heterocycles. The fraction of sp³-hybridized carbons (Fsp3) is 0.533. The van der Waals surface area contributed by atoms with E-state index >= 15 is 0 Å². The molecule has 1 unspecified atom stereocenters. The van der Waals surface area contributed by atoms with Gasteiger partial charge in [0.2, 0.25) is 5.91 Å². The van der Waals surface area contributed by atoms with Crippen LogP contribution in [0.2, 0.25) is 0 Å². The number of hydrogen-bond donors (Lipinski definition) is 3. The highest BCUT2D eigenvalue weighted by atomic mass is 79.9. The quantitative estimate of drug-likeness (QED) is 0.768. The molecular weight excluding hydrogens is 320 g/mol. The second-order valence-corrected chi connectivity index (χ2v) is 6.35. The third-order valence-electron chi connectivity index (χ3n) is 3.96. The van der Waals surface area contributed by atoms with Crippen molar-refractivity contribution in [3.63, 3.8) is 0 Å². The normalized spacial score (nSPS) is 24.3. The third-order valence-corrected chi connectivity index (χ3v) is 4.46. The minimum Gasteiger partial charge on any atom is -0.387 e. The number of benzene rings is 1. The van der Waals surface area contributed by atoms with Crippen LogP contribution in [-0.2, 0) is 4.79 Å². The van der Waals surface area contributed by atoms with Crippen molar-refractivity contribution in [3.8, 4) is 0 Å². The maximum atomic E-state index is 11.1. The van der Waals surface area contributed by atoms with Crippen molar-refractivity contribution in [2.75, 3.05) is 6.54 Å². The molecule has 1 saturated carbocycles. The van der Waals surface area contributed by atoms with Crippen molar-refractivity contribution in [2.24, 2.45) is 11.7 Å². The molecular formula is C15H21BrN2O2. The van der Waals surface area contributed by atoms with E-state index in [0.29, 0.717) is 12.6 Å². The Labute approximate surface area is 127 Å². The van der Waals surface area contributed by atoms with E-state index in [4.69, 9.17) is 5.73 Å². The number of nitrogens with two attached hydrogens (primary N) is 1. The van der Waals surface area contributed by atoms with Crippen molar-refractivity contribution >= 4 is 21.8 Å². The van der Waals surface area contributed by atoms with Crippen LogP contribution in [0.3, 0.4) is 0 Å². The highest BCUT2D eigenvalue weighted by molar-refractivity contribution is 9.10. The largest absolute Gasteiger partial charge is 0.387 e. The van der Waals surface area contributed by atoms with Gasteiger partial charge in [0.25, 0.3) is 0 Å². The first-order valence-electron chi connectivity index (χ1n) is 7.02. The lowest BCUT2D eigenvalue weighted by atomic mass is 9.85. The summed E-state index contributed by atoms with van der Waals surface area (Å²) in [6.07, 6.45) is 3.07. The van der Waals surface area contributed by atoms with E-state index in [9.17, 15) is 9.90 Å². The SMILES string of the molecule is NC(=O)C1CCC(NCC(O)c2cccc(Br)c2)CC1. The number of carbonyl (C=O) groups excluding carboxylic acids is 1. The second-order valence-electron chi connectivity index (χ2n) is 5.43. The molecule has 0 aliphatic heterocycles. The van der Waals surface area contributed by atoms with E-state index in [1.807, 2.05) is 24.3 Å². The number of aliphatic hydroxyl groups excluding tert-OH is 1. The van der Waals surface area contributed by atoms with E-state index in [2.05, 4.69) is 21.2 Å². The number of rotatable bonds is 5. The minimum atomic E-state index is -0.513. The summed E-state index contributed by atoms with van der Waals surface area (Å²) >= 11 is 3.40. The van der Waals surface area contributed by atoms with Crippen LogP contribution in [0.25, 0.3) is 0 Å². The summed E-state index contributed by atoms with van der Waals surface area (Å²) in [5.74, 6) is -0.152. The zero-order valence-corrected chi connectivity index (χ0v) is 13.0.